The molecule has 0 spiro atoms. The number of nitrogens with two attached hydrogens (primary N) is 1. The molecule has 4 fully saturated rings. The van der Waals surface area contributed by atoms with E-state index in [9.17, 15) is 19.2 Å². The van der Waals surface area contributed by atoms with Crippen molar-refractivity contribution in [2.24, 2.45) is 56.0 Å². The molecule has 1 aromatic carbocycles. The summed E-state index contributed by atoms with van der Waals surface area (Å²) in [5.41, 5.74) is 6.42. The van der Waals surface area contributed by atoms with E-state index in [1.165, 1.54) is 25.9 Å². The fraction of sp³-hybridized carbons (Fsp3) is 0.696. The van der Waals surface area contributed by atoms with Crippen LogP contribution in [0.3, 0.4) is 0 Å². The van der Waals surface area contributed by atoms with Crippen LogP contribution in [0.25, 0.3) is 6.08 Å². The molecule has 9 nitrogen and oxygen atoms in total. The first-order valence-corrected chi connectivity index (χ1v) is 23.5. The molecule has 316 valence electrons. The molecule has 0 aromatic heterocycles. The Labute approximate surface area is 352 Å². The number of rotatable bonds is 10. The molecule has 57 heavy (non-hydrogen) atoms. The zero-order valence-electron chi connectivity index (χ0n) is 35.8. The number of fused-ring (bicyclic) bond motifs is 7. The Bertz CT molecular complexity index is 1810. The van der Waals surface area contributed by atoms with E-state index in [0.29, 0.717) is 51.3 Å². The van der Waals surface area contributed by atoms with Gasteiger partial charge < -0.3 is 14.2 Å². The van der Waals surface area contributed by atoms with Gasteiger partial charge in [-0.2, -0.15) is 0 Å². The van der Waals surface area contributed by atoms with Gasteiger partial charge in [0, 0.05) is 6.08 Å². The van der Waals surface area contributed by atoms with Gasteiger partial charge in [0.15, 0.2) is 11.5 Å². The molecule has 2 N–H and O–H groups in total. The SMILES string of the molecule is COC(=O)/C=C/c1ccc(OC(=O)[C@@]2(C)CC[C@]3(C)CC[C@]4(C)C(=CC(=O)[C@@H]5[C@@]6(C)CC[C@H](OC(=O)[C@@H](N)CC[Se]C)C(C)(C)[C@@H]6CC[C@]54C)[C@H]3C2)c(OC)c1.Cl. The van der Waals surface area contributed by atoms with E-state index in [1.807, 2.05) is 13.0 Å². The quantitative estimate of drug-likeness (QED) is 0.106. The van der Waals surface area contributed by atoms with Crippen LogP contribution in [0.1, 0.15) is 118 Å². The molecular weight excluding hydrogens is 809 g/mol. The summed E-state index contributed by atoms with van der Waals surface area (Å²) in [5, 5.41) is 0.960. The van der Waals surface area contributed by atoms with Crippen molar-refractivity contribution in [3.05, 3.63) is 41.5 Å². The van der Waals surface area contributed by atoms with E-state index in [1.54, 1.807) is 24.3 Å². The van der Waals surface area contributed by atoms with Gasteiger partial charge in [0.1, 0.15) is 0 Å². The predicted molar refractivity (Wildman–Crippen MR) is 225 cm³/mol. The van der Waals surface area contributed by atoms with E-state index in [-0.39, 0.29) is 81.1 Å². The Kier molecular flexibility index (Phi) is 13.1. The van der Waals surface area contributed by atoms with E-state index < -0.39 is 17.4 Å². The molecule has 0 amide bonds. The summed E-state index contributed by atoms with van der Waals surface area (Å²) in [4.78, 5) is 53.9. The van der Waals surface area contributed by atoms with Gasteiger partial charge in [-0.3, -0.25) is 4.79 Å². The first-order valence-electron chi connectivity index (χ1n) is 20.6. The van der Waals surface area contributed by atoms with Gasteiger partial charge in [0.2, 0.25) is 0 Å². The molecule has 0 aliphatic heterocycles. The summed E-state index contributed by atoms with van der Waals surface area (Å²) in [6.45, 7) is 16.0. The molecule has 4 saturated carbocycles. The van der Waals surface area contributed by atoms with Crippen molar-refractivity contribution >= 4 is 57.1 Å². The average Bonchev–Trinajstić information content (AvgIpc) is 3.15. The third kappa shape index (κ3) is 7.68. The molecule has 6 rings (SSSR count). The number of methoxy groups -OCH3 is 2. The van der Waals surface area contributed by atoms with E-state index >= 15 is 0 Å². The molecule has 0 saturated heterocycles. The Morgan fingerprint density at radius 1 is 0.947 bits per heavy atom. The molecular formula is C46H66ClNO8Se. The molecule has 0 heterocycles. The van der Waals surface area contributed by atoms with Gasteiger partial charge in [-0.05, 0) is 74.1 Å². The summed E-state index contributed by atoms with van der Waals surface area (Å²) in [6, 6.07) is 4.61. The van der Waals surface area contributed by atoms with Crippen LogP contribution in [0, 0.1) is 50.2 Å². The van der Waals surface area contributed by atoms with Crippen molar-refractivity contribution in [1.82, 2.24) is 0 Å². The maximum absolute atomic E-state index is 15.0. The van der Waals surface area contributed by atoms with Gasteiger partial charge in [-0.15, -0.1) is 12.4 Å². The number of allylic oxidation sites excluding steroid dienone is 2. The molecule has 10 atom stereocenters. The van der Waals surface area contributed by atoms with Crippen molar-refractivity contribution in [2.45, 2.75) is 136 Å². The zero-order chi connectivity index (χ0) is 41.1. The third-order valence-corrected chi connectivity index (χ3v) is 17.6. The molecule has 0 radical (unpaired) electrons. The summed E-state index contributed by atoms with van der Waals surface area (Å²) in [6.07, 6.45) is 13.1. The van der Waals surface area contributed by atoms with Gasteiger partial charge in [0.05, 0.1) is 19.6 Å². The second-order valence-electron chi connectivity index (χ2n) is 19.6. The topological polar surface area (TPSA) is 131 Å². The Hall–Kier alpha value is -2.65. The monoisotopic (exact) mass is 875 g/mol. The van der Waals surface area contributed by atoms with Crippen LogP contribution in [-0.2, 0) is 28.7 Å². The van der Waals surface area contributed by atoms with Gasteiger partial charge in [-0.1, -0.05) is 25.5 Å². The second-order valence-corrected chi connectivity index (χ2v) is 21.7. The van der Waals surface area contributed by atoms with Crippen LogP contribution in [0.4, 0.5) is 0 Å². The van der Waals surface area contributed by atoms with Crippen LogP contribution in [-0.4, -0.2) is 65.0 Å². The van der Waals surface area contributed by atoms with Gasteiger partial charge >= 0.3 is 181 Å². The third-order valence-electron chi connectivity index (χ3n) is 16.2. The summed E-state index contributed by atoms with van der Waals surface area (Å²) in [7, 11) is 2.85. The van der Waals surface area contributed by atoms with Crippen LogP contribution >= 0.6 is 12.4 Å². The van der Waals surface area contributed by atoms with Crippen molar-refractivity contribution < 1.29 is 38.1 Å². The van der Waals surface area contributed by atoms with E-state index in [2.05, 4.69) is 47.4 Å². The fourth-order valence-corrected chi connectivity index (χ4v) is 13.5. The van der Waals surface area contributed by atoms with Crippen LogP contribution in [0.5, 0.6) is 11.5 Å². The smallest absolute Gasteiger partial charge is 0.493 e. The number of hydrogen-bond donors (Lipinski definition) is 1. The van der Waals surface area contributed by atoms with Crippen molar-refractivity contribution in [2.75, 3.05) is 14.2 Å². The minimum atomic E-state index is -0.762. The number of benzene rings is 1. The average molecular weight is 875 g/mol. The van der Waals surface area contributed by atoms with Gasteiger partial charge in [0.25, 0.3) is 0 Å². The predicted octanol–water partition coefficient (Wildman–Crippen LogP) is 8.99. The Balaban J connectivity index is 0.00000620. The first-order chi connectivity index (χ1) is 26.2. The fourth-order valence-electron chi connectivity index (χ4n) is 12.5. The van der Waals surface area contributed by atoms with Gasteiger partial charge in [-0.25, -0.2) is 4.79 Å². The summed E-state index contributed by atoms with van der Waals surface area (Å²) < 4.78 is 22.7. The van der Waals surface area contributed by atoms with Crippen LogP contribution < -0.4 is 15.2 Å². The number of ether oxygens (including phenoxy) is 4. The Morgan fingerprint density at radius 2 is 1.65 bits per heavy atom. The summed E-state index contributed by atoms with van der Waals surface area (Å²) >= 11 is 0.464. The number of hydrogen-bond acceptors (Lipinski definition) is 9. The minimum absolute atomic E-state index is 0. The molecule has 5 aliphatic carbocycles. The normalized spacial score (nSPS) is 37.2. The summed E-state index contributed by atoms with van der Waals surface area (Å²) in [5.74, 6) is 2.20. The molecule has 5 aliphatic rings. The number of carbonyl (C=O) groups is 4. The van der Waals surface area contributed by atoms with E-state index in [0.717, 1.165) is 50.3 Å². The first kappa shape index (κ1) is 45.4. The molecule has 0 unspecified atom stereocenters. The number of ketones is 1. The second kappa shape index (κ2) is 16.4. The maximum atomic E-state index is 15.0. The van der Waals surface area contributed by atoms with Crippen molar-refractivity contribution in [3.63, 3.8) is 0 Å². The number of carbonyl (C=O) groups excluding carboxylic acids is 4. The minimum Gasteiger partial charge on any atom is -0.493 e. The molecule has 1 aromatic rings. The Morgan fingerprint density at radius 3 is 2.32 bits per heavy atom. The zero-order valence-corrected chi connectivity index (χ0v) is 38.3. The number of halogens is 1. The molecule has 0 bridgehead atoms. The van der Waals surface area contributed by atoms with Crippen LogP contribution in [0.15, 0.2) is 35.9 Å². The van der Waals surface area contributed by atoms with Crippen molar-refractivity contribution in [1.29, 1.82) is 0 Å². The van der Waals surface area contributed by atoms with E-state index in [4.69, 9.17) is 24.7 Å². The molecule has 11 heteroatoms. The van der Waals surface area contributed by atoms with Crippen LogP contribution in [0.2, 0.25) is 11.1 Å². The number of esters is 3. The standard InChI is InChI=1S/C46H65NO8Se.ClH/c1-41(2)35-15-19-46(7)38(44(35,5)18-16-36(41)55-39(50)31(47)17-24-56-10)32(48)26-29-30-27-43(4,21-20-42(30,3)22-23-45(29,46)6)40(51)54-33-13-11-28(25-34(33)52-8)12-14-37(49)53-9;/h11-14,25-26,30-31,35-36,38H,15-24,27,47H2,1-10H3;1H/b14-12+;/t30-,31+,35+,36+,38-,42-,43+,44+,45-,46-;/m1./s1. The van der Waals surface area contributed by atoms with Crippen molar-refractivity contribution in [3.8, 4) is 11.5 Å².